The van der Waals surface area contributed by atoms with E-state index in [1.54, 1.807) is 25.3 Å². The van der Waals surface area contributed by atoms with Crippen molar-refractivity contribution in [3.8, 4) is 5.75 Å². The highest BCUT2D eigenvalue weighted by molar-refractivity contribution is 5.76. The molecule has 0 heterocycles. The van der Waals surface area contributed by atoms with Gasteiger partial charge in [-0.25, -0.2) is 0 Å². The van der Waals surface area contributed by atoms with Gasteiger partial charge in [0, 0.05) is 25.6 Å². The van der Waals surface area contributed by atoms with Crippen LogP contribution in [0.4, 0.5) is 11.4 Å². The third-order valence-corrected chi connectivity index (χ3v) is 3.42. The van der Waals surface area contributed by atoms with Crippen LogP contribution in [0.25, 0.3) is 0 Å². The first kappa shape index (κ1) is 17.3. The van der Waals surface area contributed by atoms with E-state index in [1.165, 1.54) is 6.07 Å². The summed E-state index contributed by atoms with van der Waals surface area (Å²) in [4.78, 5) is 22.3. The van der Waals surface area contributed by atoms with Crippen molar-refractivity contribution in [3.63, 3.8) is 0 Å². The van der Waals surface area contributed by atoms with Gasteiger partial charge >= 0.3 is 0 Å². The molecule has 7 nitrogen and oxygen atoms in total. The second-order valence-electron chi connectivity index (χ2n) is 5.08. The van der Waals surface area contributed by atoms with Gasteiger partial charge in [-0.05, 0) is 23.8 Å². The van der Waals surface area contributed by atoms with E-state index in [-0.39, 0.29) is 18.0 Å². The number of ether oxygens (including phenoxy) is 1. The lowest BCUT2D eigenvalue weighted by atomic mass is 10.2. The van der Waals surface area contributed by atoms with Crippen molar-refractivity contribution in [3.05, 3.63) is 64.2 Å². The molecule has 0 aliphatic heterocycles. The second-order valence-corrected chi connectivity index (χ2v) is 5.08. The van der Waals surface area contributed by atoms with Crippen molar-refractivity contribution >= 4 is 17.3 Å². The average molecular weight is 329 g/mol. The first-order valence-corrected chi connectivity index (χ1v) is 7.47. The molecule has 0 radical (unpaired) electrons. The number of nitrogens with one attached hydrogen (secondary N) is 2. The number of rotatable bonds is 8. The van der Waals surface area contributed by atoms with Crippen LogP contribution in [0.2, 0.25) is 0 Å². The predicted octanol–water partition coefficient (Wildman–Crippen LogP) is 2.72. The summed E-state index contributed by atoms with van der Waals surface area (Å²) in [5.41, 5.74) is 1.37. The van der Waals surface area contributed by atoms with E-state index in [1.807, 2.05) is 24.3 Å². The Bertz CT molecular complexity index is 701. The maximum Gasteiger partial charge on any atom is 0.292 e. The Morgan fingerprint density at radius 2 is 1.88 bits per heavy atom. The van der Waals surface area contributed by atoms with E-state index in [9.17, 15) is 14.9 Å². The van der Waals surface area contributed by atoms with E-state index < -0.39 is 4.92 Å². The van der Waals surface area contributed by atoms with E-state index in [4.69, 9.17) is 4.74 Å². The van der Waals surface area contributed by atoms with Gasteiger partial charge in [0.05, 0.1) is 12.0 Å². The van der Waals surface area contributed by atoms with Crippen LogP contribution >= 0.6 is 0 Å². The van der Waals surface area contributed by atoms with Crippen molar-refractivity contribution in [2.24, 2.45) is 0 Å². The molecule has 0 aromatic heterocycles. The minimum absolute atomic E-state index is 0.00357. The molecule has 2 N–H and O–H groups in total. The molecule has 0 unspecified atom stereocenters. The standard InChI is InChI=1S/C17H19N3O4/c1-24-14-8-6-13(7-9-14)12-19-17(21)10-11-18-15-4-2-3-5-16(15)20(22)23/h2-9,18H,10-12H2,1H3,(H,19,21). The molecule has 0 saturated carbocycles. The molecule has 2 aromatic rings. The fraction of sp³-hybridized carbons (Fsp3) is 0.235. The van der Waals surface area contributed by atoms with Crippen LogP contribution in [0.1, 0.15) is 12.0 Å². The number of nitrogens with zero attached hydrogens (tertiary/aromatic N) is 1. The molecule has 1 amide bonds. The number of anilines is 1. The van der Waals surface area contributed by atoms with Gasteiger partial charge in [-0.1, -0.05) is 24.3 Å². The van der Waals surface area contributed by atoms with Crippen molar-refractivity contribution in [2.75, 3.05) is 19.0 Å². The summed E-state index contributed by atoms with van der Waals surface area (Å²) < 4.78 is 5.07. The molecule has 126 valence electrons. The summed E-state index contributed by atoms with van der Waals surface area (Å²) >= 11 is 0. The quantitative estimate of drug-likeness (QED) is 0.574. The molecular weight excluding hydrogens is 310 g/mol. The van der Waals surface area contributed by atoms with Gasteiger partial charge in [-0.2, -0.15) is 0 Å². The summed E-state index contributed by atoms with van der Waals surface area (Å²) in [7, 11) is 1.60. The SMILES string of the molecule is COc1ccc(CNC(=O)CCNc2ccccc2[N+](=O)[O-])cc1. The first-order valence-electron chi connectivity index (χ1n) is 7.47. The maximum absolute atomic E-state index is 11.8. The highest BCUT2D eigenvalue weighted by Gasteiger charge is 2.11. The summed E-state index contributed by atoms with van der Waals surface area (Å²) in [5.74, 6) is 0.635. The molecule has 0 saturated heterocycles. The molecule has 0 bridgehead atoms. The number of carbonyl (C=O) groups excluding carboxylic acids is 1. The smallest absolute Gasteiger partial charge is 0.292 e. The Hall–Kier alpha value is -3.09. The van der Waals surface area contributed by atoms with Crippen LogP contribution in [0, 0.1) is 10.1 Å². The number of nitro groups is 1. The fourth-order valence-corrected chi connectivity index (χ4v) is 2.13. The van der Waals surface area contributed by atoms with E-state index in [0.717, 1.165) is 11.3 Å². The number of nitro benzene ring substituents is 1. The Morgan fingerprint density at radius 1 is 1.17 bits per heavy atom. The van der Waals surface area contributed by atoms with Gasteiger partial charge in [0.15, 0.2) is 0 Å². The number of para-hydroxylation sites is 2. The first-order chi connectivity index (χ1) is 11.6. The van der Waals surface area contributed by atoms with Crippen molar-refractivity contribution < 1.29 is 14.5 Å². The Kier molecular flexibility index (Phi) is 6.13. The molecule has 0 atom stereocenters. The summed E-state index contributed by atoms with van der Waals surface area (Å²) in [5, 5.41) is 16.6. The topological polar surface area (TPSA) is 93.5 Å². The highest BCUT2D eigenvalue weighted by atomic mass is 16.6. The van der Waals surface area contributed by atoms with Gasteiger partial charge < -0.3 is 15.4 Å². The Balaban J connectivity index is 1.76. The molecule has 24 heavy (non-hydrogen) atoms. The predicted molar refractivity (Wildman–Crippen MR) is 91.0 cm³/mol. The lowest BCUT2D eigenvalue weighted by molar-refractivity contribution is -0.384. The summed E-state index contributed by atoms with van der Waals surface area (Å²) in [6.45, 7) is 0.744. The zero-order chi connectivity index (χ0) is 17.4. The molecule has 0 aliphatic carbocycles. The normalized spacial score (nSPS) is 10.0. The van der Waals surface area contributed by atoms with Crippen LogP contribution in [0.3, 0.4) is 0 Å². The third-order valence-electron chi connectivity index (χ3n) is 3.42. The van der Waals surface area contributed by atoms with E-state index >= 15 is 0 Å². The van der Waals surface area contributed by atoms with E-state index in [0.29, 0.717) is 18.8 Å². The Labute approximate surface area is 139 Å². The van der Waals surface area contributed by atoms with Crippen molar-refractivity contribution in [1.29, 1.82) is 0 Å². The largest absolute Gasteiger partial charge is 0.497 e. The molecule has 0 fully saturated rings. The van der Waals surface area contributed by atoms with Gasteiger partial charge in [0.1, 0.15) is 11.4 Å². The number of hydrogen-bond acceptors (Lipinski definition) is 5. The van der Waals surface area contributed by atoms with Gasteiger partial charge in [-0.15, -0.1) is 0 Å². The zero-order valence-electron chi connectivity index (χ0n) is 13.3. The third kappa shape index (κ3) is 4.98. The van der Waals surface area contributed by atoms with Gasteiger partial charge in [0.2, 0.25) is 5.91 Å². The van der Waals surface area contributed by atoms with E-state index in [2.05, 4.69) is 10.6 Å². The summed E-state index contributed by atoms with van der Waals surface area (Å²) in [6.07, 6.45) is 0.224. The van der Waals surface area contributed by atoms with Crippen LogP contribution < -0.4 is 15.4 Å². The molecule has 0 aliphatic rings. The van der Waals surface area contributed by atoms with Crippen molar-refractivity contribution in [2.45, 2.75) is 13.0 Å². The minimum Gasteiger partial charge on any atom is -0.497 e. The van der Waals surface area contributed by atoms with Crippen LogP contribution in [-0.2, 0) is 11.3 Å². The number of hydrogen-bond donors (Lipinski definition) is 2. The maximum atomic E-state index is 11.8. The lowest BCUT2D eigenvalue weighted by Crippen LogP contribution is -2.24. The summed E-state index contributed by atoms with van der Waals surface area (Å²) in [6, 6.07) is 13.8. The van der Waals surface area contributed by atoms with Crippen LogP contribution in [0.15, 0.2) is 48.5 Å². The fourth-order valence-electron chi connectivity index (χ4n) is 2.13. The molecule has 0 spiro atoms. The zero-order valence-corrected chi connectivity index (χ0v) is 13.3. The highest BCUT2D eigenvalue weighted by Crippen LogP contribution is 2.22. The van der Waals surface area contributed by atoms with Gasteiger partial charge in [0.25, 0.3) is 5.69 Å². The molecule has 2 aromatic carbocycles. The second kappa shape index (κ2) is 8.52. The average Bonchev–Trinajstić information content (AvgIpc) is 2.60. The number of amides is 1. The lowest BCUT2D eigenvalue weighted by Gasteiger charge is -2.08. The van der Waals surface area contributed by atoms with Crippen LogP contribution in [-0.4, -0.2) is 24.5 Å². The molecule has 2 rings (SSSR count). The number of carbonyl (C=O) groups is 1. The Morgan fingerprint density at radius 3 is 2.54 bits per heavy atom. The van der Waals surface area contributed by atoms with Crippen LogP contribution in [0.5, 0.6) is 5.75 Å². The number of benzene rings is 2. The monoisotopic (exact) mass is 329 g/mol. The number of methoxy groups -OCH3 is 1. The minimum atomic E-state index is -0.452. The molecule has 7 heteroatoms. The van der Waals surface area contributed by atoms with Crippen molar-refractivity contribution in [1.82, 2.24) is 5.32 Å². The van der Waals surface area contributed by atoms with Gasteiger partial charge in [-0.3, -0.25) is 14.9 Å². The molecular formula is C17H19N3O4.